The van der Waals surface area contributed by atoms with Gasteiger partial charge in [-0.25, -0.2) is 17.5 Å². The zero-order valence-electron chi connectivity index (χ0n) is 11.7. The molecule has 0 aliphatic rings. The Morgan fingerprint density at radius 2 is 1.62 bits per heavy atom. The summed E-state index contributed by atoms with van der Waals surface area (Å²) in [5.41, 5.74) is 0.688. The highest BCUT2D eigenvalue weighted by Crippen LogP contribution is 2.19. The van der Waals surface area contributed by atoms with Crippen LogP contribution in [0, 0.1) is 5.82 Å². The van der Waals surface area contributed by atoms with Crippen molar-refractivity contribution < 1.29 is 17.5 Å². The third kappa shape index (κ3) is 3.80. The highest BCUT2D eigenvalue weighted by atomic mass is 32.2. The molecule has 0 amide bonds. The molecule has 6 heteroatoms. The highest BCUT2D eigenvalue weighted by molar-refractivity contribution is 7.89. The predicted molar refractivity (Wildman–Crippen MR) is 78.1 cm³/mol. The molecule has 0 radical (unpaired) electrons. The molecule has 0 heterocycles. The molecule has 0 aromatic heterocycles. The molecule has 112 valence electrons. The lowest BCUT2D eigenvalue weighted by molar-refractivity contribution is 0.414. The van der Waals surface area contributed by atoms with Crippen LogP contribution in [0.2, 0.25) is 0 Å². The zero-order chi connectivity index (χ0) is 15.5. The summed E-state index contributed by atoms with van der Waals surface area (Å²) in [6, 6.07) is 11.3. The van der Waals surface area contributed by atoms with Gasteiger partial charge < -0.3 is 4.74 Å². The van der Waals surface area contributed by atoms with Gasteiger partial charge in [-0.05, 0) is 48.9 Å². The Morgan fingerprint density at radius 3 is 2.14 bits per heavy atom. The van der Waals surface area contributed by atoms with Crippen LogP contribution < -0.4 is 9.46 Å². The Balaban J connectivity index is 2.17. The van der Waals surface area contributed by atoms with Crippen LogP contribution in [-0.2, 0) is 10.0 Å². The SMILES string of the molecule is COc1ccc(S(=O)(=O)N[C@@H](C)c2ccc(F)cc2)cc1. The van der Waals surface area contributed by atoms with Crippen LogP contribution in [0.1, 0.15) is 18.5 Å². The zero-order valence-corrected chi connectivity index (χ0v) is 12.5. The van der Waals surface area contributed by atoms with Gasteiger partial charge in [-0.15, -0.1) is 0 Å². The molecule has 21 heavy (non-hydrogen) atoms. The van der Waals surface area contributed by atoms with Crippen molar-refractivity contribution in [3.63, 3.8) is 0 Å². The summed E-state index contributed by atoms with van der Waals surface area (Å²) < 4.78 is 44.9. The number of halogens is 1. The van der Waals surface area contributed by atoms with Crippen molar-refractivity contribution >= 4 is 10.0 Å². The molecule has 0 aliphatic carbocycles. The van der Waals surface area contributed by atoms with Crippen molar-refractivity contribution in [1.82, 2.24) is 4.72 Å². The van der Waals surface area contributed by atoms with Gasteiger partial charge in [0.05, 0.1) is 12.0 Å². The van der Waals surface area contributed by atoms with E-state index in [4.69, 9.17) is 4.74 Å². The molecule has 0 saturated heterocycles. The predicted octanol–water partition coefficient (Wildman–Crippen LogP) is 2.87. The molecule has 0 saturated carbocycles. The first-order valence-electron chi connectivity index (χ1n) is 6.34. The molecule has 0 spiro atoms. The molecule has 1 atom stereocenters. The van der Waals surface area contributed by atoms with Crippen LogP contribution in [-0.4, -0.2) is 15.5 Å². The van der Waals surface area contributed by atoms with Crippen molar-refractivity contribution in [2.45, 2.75) is 17.9 Å². The van der Waals surface area contributed by atoms with Gasteiger partial charge in [-0.3, -0.25) is 0 Å². The van der Waals surface area contributed by atoms with E-state index < -0.39 is 16.1 Å². The Labute approximate surface area is 123 Å². The van der Waals surface area contributed by atoms with Crippen molar-refractivity contribution in [2.75, 3.05) is 7.11 Å². The molecular formula is C15H16FNO3S. The summed E-state index contributed by atoms with van der Waals surface area (Å²) in [5.74, 6) is 0.226. The minimum Gasteiger partial charge on any atom is -0.497 e. The fourth-order valence-corrected chi connectivity index (χ4v) is 3.11. The maximum atomic E-state index is 12.9. The molecule has 1 N–H and O–H groups in total. The molecule has 2 aromatic rings. The number of methoxy groups -OCH3 is 1. The summed E-state index contributed by atoms with van der Waals surface area (Å²) in [4.78, 5) is 0.150. The van der Waals surface area contributed by atoms with E-state index in [2.05, 4.69) is 4.72 Å². The molecular weight excluding hydrogens is 293 g/mol. The van der Waals surface area contributed by atoms with Crippen molar-refractivity contribution in [3.05, 3.63) is 59.9 Å². The Bertz CT molecular complexity index is 697. The van der Waals surface area contributed by atoms with Crippen LogP contribution in [0.4, 0.5) is 4.39 Å². The minimum absolute atomic E-state index is 0.150. The van der Waals surface area contributed by atoms with Crippen LogP contribution in [0.5, 0.6) is 5.75 Å². The van der Waals surface area contributed by atoms with E-state index in [-0.39, 0.29) is 10.7 Å². The fourth-order valence-electron chi connectivity index (χ4n) is 1.88. The van der Waals surface area contributed by atoms with Crippen LogP contribution >= 0.6 is 0 Å². The first-order chi connectivity index (χ1) is 9.92. The summed E-state index contributed by atoms with van der Waals surface area (Å²) in [6.07, 6.45) is 0. The van der Waals surface area contributed by atoms with Crippen molar-refractivity contribution in [1.29, 1.82) is 0 Å². The van der Waals surface area contributed by atoms with Gasteiger partial charge in [0.15, 0.2) is 0 Å². The average molecular weight is 309 g/mol. The number of sulfonamides is 1. The van der Waals surface area contributed by atoms with E-state index in [0.717, 1.165) is 0 Å². The topological polar surface area (TPSA) is 55.4 Å². The van der Waals surface area contributed by atoms with E-state index in [1.807, 2.05) is 0 Å². The van der Waals surface area contributed by atoms with E-state index in [0.29, 0.717) is 11.3 Å². The van der Waals surface area contributed by atoms with E-state index >= 15 is 0 Å². The van der Waals surface area contributed by atoms with Gasteiger partial charge in [0, 0.05) is 6.04 Å². The number of hydrogen-bond acceptors (Lipinski definition) is 3. The minimum atomic E-state index is -3.64. The van der Waals surface area contributed by atoms with E-state index in [1.54, 1.807) is 31.2 Å². The summed E-state index contributed by atoms with van der Waals surface area (Å²) in [6.45, 7) is 1.70. The van der Waals surface area contributed by atoms with Crippen molar-refractivity contribution in [2.24, 2.45) is 0 Å². The maximum Gasteiger partial charge on any atom is 0.241 e. The van der Waals surface area contributed by atoms with Crippen molar-refractivity contribution in [3.8, 4) is 5.75 Å². The second-order valence-electron chi connectivity index (χ2n) is 4.57. The third-order valence-electron chi connectivity index (χ3n) is 3.07. The lowest BCUT2D eigenvalue weighted by atomic mass is 10.1. The molecule has 0 aliphatic heterocycles. The van der Waals surface area contributed by atoms with Gasteiger partial charge in [0.25, 0.3) is 0 Å². The quantitative estimate of drug-likeness (QED) is 0.924. The first kappa shape index (κ1) is 15.5. The number of hydrogen-bond donors (Lipinski definition) is 1. The number of rotatable bonds is 5. The first-order valence-corrected chi connectivity index (χ1v) is 7.82. The van der Waals surface area contributed by atoms with Crippen LogP contribution in [0.25, 0.3) is 0 Å². The summed E-state index contributed by atoms with van der Waals surface area (Å²) in [7, 11) is -2.13. The van der Waals surface area contributed by atoms with E-state index in [9.17, 15) is 12.8 Å². The number of nitrogens with one attached hydrogen (secondary N) is 1. The summed E-state index contributed by atoms with van der Waals surface area (Å²) in [5, 5.41) is 0. The lowest BCUT2D eigenvalue weighted by Crippen LogP contribution is -2.26. The van der Waals surface area contributed by atoms with Crippen LogP contribution in [0.15, 0.2) is 53.4 Å². The van der Waals surface area contributed by atoms with Gasteiger partial charge in [0.1, 0.15) is 11.6 Å². The maximum absolute atomic E-state index is 12.9. The Kier molecular flexibility index (Phi) is 4.59. The fraction of sp³-hybridized carbons (Fsp3) is 0.200. The molecule has 0 fully saturated rings. The lowest BCUT2D eigenvalue weighted by Gasteiger charge is -2.15. The molecule has 2 aromatic carbocycles. The second-order valence-corrected chi connectivity index (χ2v) is 6.28. The Morgan fingerprint density at radius 1 is 1.05 bits per heavy atom. The molecule has 2 rings (SSSR count). The highest BCUT2D eigenvalue weighted by Gasteiger charge is 2.18. The smallest absolute Gasteiger partial charge is 0.241 e. The largest absolute Gasteiger partial charge is 0.497 e. The average Bonchev–Trinajstić information content (AvgIpc) is 2.47. The molecule has 0 unspecified atom stereocenters. The number of ether oxygens (including phenoxy) is 1. The van der Waals surface area contributed by atoms with Gasteiger partial charge in [-0.2, -0.15) is 0 Å². The van der Waals surface area contributed by atoms with Gasteiger partial charge in [0.2, 0.25) is 10.0 Å². The number of benzene rings is 2. The Hall–Kier alpha value is -1.92. The molecule has 0 bridgehead atoms. The second kappa shape index (κ2) is 6.24. The van der Waals surface area contributed by atoms with E-state index in [1.165, 1.54) is 31.4 Å². The van der Waals surface area contributed by atoms with Gasteiger partial charge >= 0.3 is 0 Å². The van der Waals surface area contributed by atoms with Crippen LogP contribution in [0.3, 0.4) is 0 Å². The standard InChI is InChI=1S/C15H16FNO3S/c1-11(12-3-5-13(16)6-4-12)17-21(18,19)15-9-7-14(20-2)8-10-15/h3-11,17H,1-2H3/t11-/m0/s1. The third-order valence-corrected chi connectivity index (χ3v) is 4.63. The van der Waals surface area contributed by atoms with Gasteiger partial charge in [-0.1, -0.05) is 12.1 Å². The molecule has 4 nitrogen and oxygen atoms in total. The summed E-state index contributed by atoms with van der Waals surface area (Å²) >= 11 is 0. The normalized spacial score (nSPS) is 12.9. The monoisotopic (exact) mass is 309 g/mol.